The van der Waals surface area contributed by atoms with Crippen LogP contribution < -0.4 is 10.6 Å². The number of carboxylic acid groups (broad SMARTS) is 1. The molecule has 1 saturated heterocycles. The number of benzene rings is 1. The van der Waals surface area contributed by atoms with E-state index in [-0.39, 0.29) is 11.9 Å². The topological polar surface area (TPSA) is 81.7 Å². The van der Waals surface area contributed by atoms with Gasteiger partial charge in [0.15, 0.2) is 0 Å². The van der Waals surface area contributed by atoms with Gasteiger partial charge in [-0.25, -0.2) is 4.79 Å². The lowest BCUT2D eigenvalue weighted by atomic mass is 10.0. The number of likely N-dealkylation sites (tertiary alicyclic amines) is 1. The number of nitrogens with zero attached hydrogens (tertiary/aromatic N) is 1. The van der Waals surface area contributed by atoms with Crippen molar-refractivity contribution in [1.82, 2.24) is 10.2 Å². The van der Waals surface area contributed by atoms with Crippen LogP contribution in [0.3, 0.4) is 0 Å². The van der Waals surface area contributed by atoms with Crippen molar-refractivity contribution in [3.63, 3.8) is 0 Å². The van der Waals surface area contributed by atoms with E-state index in [1.54, 1.807) is 4.90 Å². The zero-order valence-corrected chi connectivity index (χ0v) is 16.1. The summed E-state index contributed by atoms with van der Waals surface area (Å²) in [6.07, 6.45) is 1.89. The summed E-state index contributed by atoms with van der Waals surface area (Å²) in [7, 11) is 0. The number of hydrogen-bond donors (Lipinski definition) is 3. The van der Waals surface area contributed by atoms with Gasteiger partial charge in [-0.15, -0.1) is 11.3 Å². The van der Waals surface area contributed by atoms with Gasteiger partial charge in [0.05, 0.1) is 10.9 Å². The van der Waals surface area contributed by atoms with Crippen molar-refractivity contribution in [2.45, 2.75) is 32.2 Å². The summed E-state index contributed by atoms with van der Waals surface area (Å²) in [5.41, 5.74) is 4.64. The van der Waals surface area contributed by atoms with Crippen LogP contribution in [0.5, 0.6) is 0 Å². The normalized spacial score (nSPS) is 18.7. The predicted molar refractivity (Wildman–Crippen MR) is 107 cm³/mol. The van der Waals surface area contributed by atoms with E-state index in [0.717, 1.165) is 40.3 Å². The molecule has 27 heavy (non-hydrogen) atoms. The molecular weight excluding hydrogens is 362 g/mol. The largest absolute Gasteiger partial charge is 0.465 e. The number of hydrogen-bond acceptors (Lipinski definition) is 4. The fraction of sp³-hybridized carbons (Fsp3) is 0.400. The van der Waals surface area contributed by atoms with Crippen LogP contribution in [0, 0.1) is 6.92 Å². The Labute approximate surface area is 162 Å². The number of nitrogens with one attached hydrogen (secondary N) is 2. The number of rotatable bonds is 3. The highest BCUT2D eigenvalue weighted by molar-refractivity contribution is 7.17. The summed E-state index contributed by atoms with van der Waals surface area (Å²) < 4.78 is 0. The SMILES string of the molecule is Cc1cc(-c2ccc3c(c2)NCCC3)sc1C(=O)N1CC[C@H](NC(=O)O)C1. The van der Waals surface area contributed by atoms with Crippen molar-refractivity contribution in [2.24, 2.45) is 0 Å². The molecule has 0 unspecified atom stereocenters. The van der Waals surface area contributed by atoms with Crippen LogP contribution in [0.25, 0.3) is 10.4 Å². The highest BCUT2D eigenvalue weighted by Crippen LogP contribution is 2.35. The lowest BCUT2D eigenvalue weighted by molar-refractivity contribution is 0.0792. The molecule has 142 valence electrons. The Balaban J connectivity index is 1.53. The lowest BCUT2D eigenvalue weighted by Gasteiger charge is -2.18. The van der Waals surface area contributed by atoms with E-state index in [0.29, 0.717) is 19.5 Å². The number of amides is 2. The van der Waals surface area contributed by atoms with Gasteiger partial charge in [0.2, 0.25) is 0 Å². The van der Waals surface area contributed by atoms with Gasteiger partial charge >= 0.3 is 6.09 Å². The Morgan fingerprint density at radius 3 is 3.00 bits per heavy atom. The van der Waals surface area contributed by atoms with Crippen LogP contribution >= 0.6 is 11.3 Å². The van der Waals surface area contributed by atoms with E-state index in [4.69, 9.17) is 5.11 Å². The van der Waals surface area contributed by atoms with E-state index >= 15 is 0 Å². The Kier molecular flexibility index (Phi) is 4.78. The van der Waals surface area contributed by atoms with E-state index in [1.807, 2.05) is 6.92 Å². The molecule has 1 atom stereocenters. The number of carbonyl (C=O) groups excluding carboxylic acids is 1. The molecule has 2 amide bonds. The molecule has 2 aromatic rings. The molecule has 6 nitrogen and oxygen atoms in total. The Bertz CT molecular complexity index is 893. The molecule has 0 radical (unpaired) electrons. The van der Waals surface area contributed by atoms with Crippen molar-refractivity contribution < 1.29 is 14.7 Å². The molecule has 2 aliphatic heterocycles. The van der Waals surface area contributed by atoms with Crippen molar-refractivity contribution in [3.05, 3.63) is 40.3 Å². The lowest BCUT2D eigenvalue weighted by Crippen LogP contribution is -2.37. The second-order valence-electron chi connectivity index (χ2n) is 7.21. The molecule has 0 bridgehead atoms. The van der Waals surface area contributed by atoms with Crippen LogP contribution in [0.15, 0.2) is 24.3 Å². The molecule has 0 saturated carbocycles. The quantitative estimate of drug-likeness (QED) is 0.754. The first-order chi connectivity index (χ1) is 13.0. The molecule has 4 rings (SSSR count). The minimum absolute atomic E-state index is 0.00507. The second kappa shape index (κ2) is 7.23. The smallest absolute Gasteiger partial charge is 0.404 e. The fourth-order valence-electron chi connectivity index (χ4n) is 3.83. The third kappa shape index (κ3) is 3.64. The molecule has 3 heterocycles. The maximum absolute atomic E-state index is 12.9. The molecular formula is C20H23N3O3S. The van der Waals surface area contributed by atoms with Gasteiger partial charge in [-0.1, -0.05) is 12.1 Å². The van der Waals surface area contributed by atoms with Crippen LogP contribution in [0.2, 0.25) is 0 Å². The van der Waals surface area contributed by atoms with Crippen molar-refractivity contribution >= 4 is 29.0 Å². The summed E-state index contributed by atoms with van der Waals surface area (Å²) in [4.78, 5) is 27.3. The van der Waals surface area contributed by atoms with Gasteiger partial charge in [0, 0.05) is 30.2 Å². The number of thiophene rings is 1. The molecule has 1 aromatic carbocycles. The highest BCUT2D eigenvalue weighted by atomic mass is 32.1. The van der Waals surface area contributed by atoms with Gasteiger partial charge in [-0.05, 0) is 55.0 Å². The van der Waals surface area contributed by atoms with Gasteiger partial charge in [0.1, 0.15) is 0 Å². The monoisotopic (exact) mass is 385 g/mol. The summed E-state index contributed by atoms with van der Waals surface area (Å²) in [5, 5.41) is 14.8. The minimum Gasteiger partial charge on any atom is -0.465 e. The van der Waals surface area contributed by atoms with Crippen LogP contribution in [0.4, 0.5) is 10.5 Å². The zero-order chi connectivity index (χ0) is 19.0. The third-order valence-corrected chi connectivity index (χ3v) is 6.52. The van der Waals surface area contributed by atoms with Crippen molar-refractivity contribution in [2.75, 3.05) is 25.0 Å². The van der Waals surface area contributed by atoms with Gasteiger partial charge in [-0.2, -0.15) is 0 Å². The Morgan fingerprint density at radius 2 is 2.19 bits per heavy atom. The molecule has 0 aliphatic carbocycles. The molecule has 0 spiro atoms. The maximum Gasteiger partial charge on any atom is 0.404 e. The number of carbonyl (C=O) groups is 2. The standard InChI is InChI=1S/C20H23N3O3S/c1-12-9-17(14-5-4-13-3-2-7-21-16(13)10-14)27-18(12)19(24)23-8-6-15(11-23)22-20(25)26/h4-5,9-10,15,21-22H,2-3,6-8,11H2,1H3,(H,25,26)/t15-/m0/s1. The van der Waals surface area contributed by atoms with Crippen molar-refractivity contribution in [3.8, 4) is 10.4 Å². The summed E-state index contributed by atoms with van der Waals surface area (Å²) in [6.45, 7) is 3.98. The fourth-order valence-corrected chi connectivity index (χ4v) is 4.97. The molecule has 1 aromatic heterocycles. The highest BCUT2D eigenvalue weighted by Gasteiger charge is 2.29. The van der Waals surface area contributed by atoms with Crippen LogP contribution in [0.1, 0.15) is 33.6 Å². The average Bonchev–Trinajstić information content (AvgIpc) is 3.27. The van der Waals surface area contributed by atoms with Gasteiger partial charge in [0.25, 0.3) is 5.91 Å². The maximum atomic E-state index is 12.9. The summed E-state index contributed by atoms with van der Waals surface area (Å²) in [6, 6.07) is 8.38. The first-order valence-corrected chi connectivity index (χ1v) is 10.1. The summed E-state index contributed by atoms with van der Waals surface area (Å²) >= 11 is 1.52. The first kappa shape index (κ1) is 17.9. The van der Waals surface area contributed by atoms with E-state index in [1.165, 1.54) is 22.6 Å². The van der Waals surface area contributed by atoms with Crippen LogP contribution in [-0.4, -0.2) is 47.7 Å². The molecule has 2 aliphatic rings. The number of fused-ring (bicyclic) bond motifs is 1. The minimum atomic E-state index is -1.04. The Hall–Kier alpha value is -2.54. The van der Waals surface area contributed by atoms with Crippen molar-refractivity contribution in [1.29, 1.82) is 0 Å². The predicted octanol–water partition coefficient (Wildman–Crippen LogP) is 3.56. The average molecular weight is 385 g/mol. The van der Waals surface area contributed by atoms with Crippen LogP contribution in [-0.2, 0) is 6.42 Å². The molecule has 3 N–H and O–H groups in total. The van der Waals surface area contributed by atoms with E-state index in [9.17, 15) is 9.59 Å². The third-order valence-electron chi connectivity index (χ3n) is 5.25. The number of anilines is 1. The first-order valence-electron chi connectivity index (χ1n) is 9.27. The summed E-state index contributed by atoms with van der Waals surface area (Å²) in [5.74, 6) is -0.00507. The van der Waals surface area contributed by atoms with E-state index < -0.39 is 6.09 Å². The molecule has 1 fully saturated rings. The van der Waals surface area contributed by atoms with Gasteiger partial charge in [-0.3, -0.25) is 4.79 Å². The zero-order valence-electron chi connectivity index (χ0n) is 15.2. The number of aryl methyl sites for hydroxylation is 2. The second-order valence-corrected chi connectivity index (χ2v) is 8.26. The van der Waals surface area contributed by atoms with E-state index in [2.05, 4.69) is 34.9 Å². The molecule has 7 heteroatoms. The Morgan fingerprint density at radius 1 is 1.33 bits per heavy atom. The van der Waals surface area contributed by atoms with Gasteiger partial charge < -0.3 is 20.6 Å².